The molecule has 0 saturated carbocycles. The molecule has 1 N–H and O–H groups in total. The van der Waals surface area contributed by atoms with E-state index in [-0.39, 0.29) is 11.1 Å². The van der Waals surface area contributed by atoms with Crippen LogP contribution < -0.4 is 10.2 Å². The van der Waals surface area contributed by atoms with Crippen molar-refractivity contribution in [1.29, 1.82) is 0 Å². The minimum atomic E-state index is -0.740. The van der Waals surface area contributed by atoms with Crippen LogP contribution in [0.1, 0.15) is 0 Å². The second-order valence-electron chi connectivity index (χ2n) is 5.74. The van der Waals surface area contributed by atoms with Crippen LogP contribution in [0.15, 0.2) is 60.7 Å². The Kier molecular flexibility index (Phi) is 4.53. The zero-order valence-corrected chi connectivity index (χ0v) is 15.6. The molecule has 3 aromatic carbocycles. The van der Waals surface area contributed by atoms with Gasteiger partial charge in [0, 0.05) is 21.1 Å². The zero-order chi connectivity index (χ0) is 18.3. The molecule has 1 unspecified atom stereocenters. The van der Waals surface area contributed by atoms with E-state index < -0.39 is 5.37 Å². The quantitative estimate of drug-likeness (QED) is 0.602. The van der Waals surface area contributed by atoms with Gasteiger partial charge in [0.15, 0.2) is 5.37 Å². The molecular weight excluding hydrogens is 391 g/mol. The number of thioether (sulfide) groups is 1. The molecule has 1 fully saturated rings. The highest BCUT2D eigenvalue weighted by molar-refractivity contribution is 8.16. The van der Waals surface area contributed by atoms with Crippen molar-refractivity contribution in [3.05, 3.63) is 70.7 Å². The van der Waals surface area contributed by atoms with Crippen molar-refractivity contribution in [3.8, 4) is 0 Å². The maximum Gasteiger partial charge on any atom is 0.295 e. The number of carbonyl (C=O) groups excluding carboxylic acids is 2. The van der Waals surface area contributed by atoms with E-state index >= 15 is 0 Å². The number of hydrogen-bond acceptors (Lipinski definition) is 4. The topological polar surface area (TPSA) is 49.4 Å². The van der Waals surface area contributed by atoms with Gasteiger partial charge in [0.2, 0.25) is 0 Å². The van der Waals surface area contributed by atoms with Crippen molar-refractivity contribution < 1.29 is 9.59 Å². The fourth-order valence-corrected chi connectivity index (χ4v) is 4.33. The summed E-state index contributed by atoms with van der Waals surface area (Å²) in [5.41, 5.74) is 1.17. The predicted octanol–water partition coefficient (Wildman–Crippen LogP) is 5.78. The Hall–Kier alpha value is -2.21. The Morgan fingerprint density at radius 1 is 0.923 bits per heavy atom. The summed E-state index contributed by atoms with van der Waals surface area (Å²) in [6.07, 6.45) is 0. The normalized spacial score (nSPS) is 17.2. The summed E-state index contributed by atoms with van der Waals surface area (Å²) in [5.74, 6) is -0.326. The van der Waals surface area contributed by atoms with Gasteiger partial charge in [-0.1, -0.05) is 59.6 Å². The van der Waals surface area contributed by atoms with E-state index in [4.69, 9.17) is 23.2 Å². The number of carbonyl (C=O) groups is 2. The number of hydrogen-bond donors (Lipinski definition) is 1. The number of amides is 2. The predicted molar refractivity (Wildman–Crippen MR) is 108 cm³/mol. The maximum absolute atomic E-state index is 12.9. The fourth-order valence-electron chi connectivity index (χ4n) is 2.91. The van der Waals surface area contributed by atoms with Crippen LogP contribution in [-0.2, 0) is 4.79 Å². The molecule has 1 aliphatic rings. The third-order valence-electron chi connectivity index (χ3n) is 4.01. The molecule has 0 bridgehead atoms. The van der Waals surface area contributed by atoms with E-state index in [0.717, 1.165) is 22.5 Å². The average molecular weight is 403 g/mol. The van der Waals surface area contributed by atoms with Gasteiger partial charge in [-0.05, 0) is 41.4 Å². The van der Waals surface area contributed by atoms with Gasteiger partial charge in [0.1, 0.15) is 0 Å². The molecule has 130 valence electrons. The molecule has 4 rings (SSSR count). The molecule has 0 aromatic heterocycles. The van der Waals surface area contributed by atoms with Crippen LogP contribution in [-0.4, -0.2) is 16.5 Å². The molecule has 1 aliphatic heterocycles. The number of fused-ring (bicyclic) bond motifs is 1. The number of anilines is 2. The van der Waals surface area contributed by atoms with Gasteiger partial charge >= 0.3 is 0 Å². The Morgan fingerprint density at radius 2 is 1.62 bits per heavy atom. The summed E-state index contributed by atoms with van der Waals surface area (Å²) in [5, 5.41) is 4.69. The summed E-state index contributed by atoms with van der Waals surface area (Å²) in [6.45, 7) is 0. The second kappa shape index (κ2) is 6.83. The van der Waals surface area contributed by atoms with Gasteiger partial charge in [-0.2, -0.15) is 0 Å². The average Bonchev–Trinajstić information content (AvgIpc) is 2.87. The molecular formula is C19H12Cl2N2O2S. The minimum absolute atomic E-state index is 0.322. The van der Waals surface area contributed by atoms with Gasteiger partial charge in [-0.3, -0.25) is 9.59 Å². The number of benzene rings is 3. The van der Waals surface area contributed by atoms with Gasteiger partial charge in [0.25, 0.3) is 11.1 Å². The first-order valence-electron chi connectivity index (χ1n) is 7.78. The van der Waals surface area contributed by atoms with Crippen LogP contribution in [0, 0.1) is 0 Å². The molecule has 2 amide bonds. The smallest absolute Gasteiger partial charge is 0.295 e. The van der Waals surface area contributed by atoms with E-state index in [9.17, 15) is 9.59 Å². The summed E-state index contributed by atoms with van der Waals surface area (Å²) in [6, 6.07) is 18.1. The summed E-state index contributed by atoms with van der Waals surface area (Å²) in [7, 11) is 0. The Morgan fingerprint density at radius 3 is 2.38 bits per heavy atom. The molecule has 3 aromatic rings. The first-order valence-corrected chi connectivity index (χ1v) is 9.41. The van der Waals surface area contributed by atoms with Crippen molar-refractivity contribution in [2.75, 3.05) is 10.2 Å². The summed E-state index contributed by atoms with van der Waals surface area (Å²) in [4.78, 5) is 26.6. The van der Waals surface area contributed by atoms with Crippen molar-refractivity contribution in [1.82, 2.24) is 0 Å². The monoisotopic (exact) mass is 402 g/mol. The van der Waals surface area contributed by atoms with Crippen LogP contribution in [0.5, 0.6) is 0 Å². The van der Waals surface area contributed by atoms with Crippen molar-refractivity contribution in [2.45, 2.75) is 5.37 Å². The van der Waals surface area contributed by atoms with Crippen molar-refractivity contribution in [3.63, 3.8) is 0 Å². The molecule has 1 atom stereocenters. The molecule has 1 saturated heterocycles. The van der Waals surface area contributed by atoms with Gasteiger partial charge in [-0.15, -0.1) is 0 Å². The number of rotatable bonds is 3. The lowest BCUT2D eigenvalue weighted by Gasteiger charge is -2.17. The molecule has 7 heteroatoms. The lowest BCUT2D eigenvalue weighted by atomic mass is 10.1. The molecule has 26 heavy (non-hydrogen) atoms. The fraction of sp³-hybridized carbons (Fsp3) is 0.0526. The summed E-state index contributed by atoms with van der Waals surface area (Å²) >= 11 is 12.9. The Labute approximate surface area is 164 Å². The van der Waals surface area contributed by atoms with E-state index in [1.54, 1.807) is 24.3 Å². The SMILES string of the molecule is O=C1SC(Nc2cc(Cl)cc(Cl)c2)C(=O)N1c1cccc2ccccc12. The highest BCUT2D eigenvalue weighted by Crippen LogP contribution is 2.36. The molecule has 0 spiro atoms. The van der Waals surface area contributed by atoms with Gasteiger partial charge in [0.05, 0.1) is 5.69 Å². The zero-order valence-electron chi connectivity index (χ0n) is 13.3. The largest absolute Gasteiger partial charge is 0.365 e. The first kappa shape index (κ1) is 17.2. The van der Waals surface area contributed by atoms with Gasteiger partial charge < -0.3 is 5.32 Å². The number of imide groups is 1. The van der Waals surface area contributed by atoms with Crippen molar-refractivity contribution in [2.24, 2.45) is 0 Å². The molecule has 0 radical (unpaired) electrons. The van der Waals surface area contributed by atoms with Crippen LogP contribution in [0.2, 0.25) is 10.0 Å². The second-order valence-corrected chi connectivity index (χ2v) is 7.67. The van der Waals surface area contributed by atoms with Crippen LogP contribution in [0.25, 0.3) is 10.8 Å². The van der Waals surface area contributed by atoms with Crippen LogP contribution >= 0.6 is 35.0 Å². The van der Waals surface area contributed by atoms with E-state index in [2.05, 4.69) is 5.32 Å². The minimum Gasteiger partial charge on any atom is -0.365 e. The van der Waals surface area contributed by atoms with E-state index in [0.29, 0.717) is 21.4 Å². The first-order chi connectivity index (χ1) is 12.5. The van der Waals surface area contributed by atoms with E-state index in [1.807, 2.05) is 36.4 Å². The molecule has 4 nitrogen and oxygen atoms in total. The third kappa shape index (κ3) is 3.14. The van der Waals surface area contributed by atoms with Gasteiger partial charge in [-0.25, -0.2) is 4.90 Å². The molecule has 0 aliphatic carbocycles. The lowest BCUT2D eigenvalue weighted by molar-refractivity contribution is -0.116. The highest BCUT2D eigenvalue weighted by Gasteiger charge is 2.41. The van der Waals surface area contributed by atoms with E-state index in [1.165, 1.54) is 4.90 Å². The standard InChI is InChI=1S/C19H12Cl2N2O2S/c20-12-8-13(21)10-14(9-12)22-17-18(24)23(19(25)26-17)16-7-3-5-11-4-1-2-6-15(11)16/h1-10,17,22H. The van der Waals surface area contributed by atoms with Crippen LogP contribution in [0.3, 0.4) is 0 Å². The Balaban J connectivity index is 1.67. The van der Waals surface area contributed by atoms with Crippen molar-refractivity contribution >= 4 is 68.3 Å². The number of halogens is 2. The Bertz CT molecular complexity index is 1020. The third-order valence-corrected chi connectivity index (χ3v) is 5.39. The molecule has 1 heterocycles. The lowest BCUT2D eigenvalue weighted by Crippen LogP contribution is -2.34. The van der Waals surface area contributed by atoms with Crippen LogP contribution in [0.4, 0.5) is 16.2 Å². The highest BCUT2D eigenvalue weighted by atomic mass is 35.5. The maximum atomic E-state index is 12.9. The number of nitrogens with one attached hydrogen (secondary N) is 1. The summed E-state index contributed by atoms with van der Waals surface area (Å²) < 4.78 is 0. The number of nitrogens with zero attached hydrogens (tertiary/aromatic N) is 1.